The van der Waals surface area contributed by atoms with E-state index in [2.05, 4.69) is 24.3 Å². The fourth-order valence-corrected chi connectivity index (χ4v) is 1.78. The van der Waals surface area contributed by atoms with Crippen molar-refractivity contribution in [3.8, 4) is 0 Å². The Morgan fingerprint density at radius 1 is 1.44 bits per heavy atom. The molecular formula is C12H19N3O. The Bertz CT molecular complexity index is 405. The van der Waals surface area contributed by atoms with Crippen LogP contribution in [0.3, 0.4) is 0 Å². The van der Waals surface area contributed by atoms with Crippen molar-refractivity contribution in [3.63, 3.8) is 0 Å². The van der Waals surface area contributed by atoms with Crippen LogP contribution in [0, 0.1) is 26.7 Å². The highest BCUT2D eigenvalue weighted by atomic mass is 16.2. The van der Waals surface area contributed by atoms with Gasteiger partial charge in [-0.05, 0) is 39.2 Å². The van der Waals surface area contributed by atoms with Crippen LogP contribution in [-0.4, -0.2) is 22.2 Å². The Morgan fingerprint density at radius 3 is 2.62 bits per heavy atom. The normalized spacial score (nSPS) is 15.2. The fraction of sp³-hybridized carbons (Fsp3) is 0.667. The van der Waals surface area contributed by atoms with Crippen molar-refractivity contribution in [2.24, 2.45) is 5.92 Å². The number of nitrogens with one attached hydrogen (secondary N) is 1. The van der Waals surface area contributed by atoms with Gasteiger partial charge in [0, 0.05) is 18.2 Å². The summed E-state index contributed by atoms with van der Waals surface area (Å²) in [6.07, 6.45) is 2.12. The van der Waals surface area contributed by atoms with Crippen molar-refractivity contribution in [1.82, 2.24) is 15.1 Å². The van der Waals surface area contributed by atoms with Crippen LogP contribution >= 0.6 is 0 Å². The summed E-state index contributed by atoms with van der Waals surface area (Å²) >= 11 is 0. The maximum atomic E-state index is 11.4. The summed E-state index contributed by atoms with van der Waals surface area (Å²) in [4.78, 5) is 11.4. The van der Waals surface area contributed by atoms with E-state index in [0.29, 0.717) is 12.5 Å². The SMILES string of the molecule is Cc1nn(CCNC(=O)C2CC2)c(C)c1C. The zero-order valence-corrected chi connectivity index (χ0v) is 10.2. The molecule has 1 aromatic heterocycles. The van der Waals surface area contributed by atoms with E-state index in [-0.39, 0.29) is 5.91 Å². The molecule has 1 fully saturated rings. The number of hydrogen-bond acceptors (Lipinski definition) is 2. The van der Waals surface area contributed by atoms with E-state index in [1.807, 2.05) is 11.6 Å². The van der Waals surface area contributed by atoms with E-state index in [1.165, 1.54) is 11.3 Å². The van der Waals surface area contributed by atoms with Gasteiger partial charge in [0.05, 0.1) is 12.2 Å². The molecule has 0 bridgehead atoms. The van der Waals surface area contributed by atoms with Crippen LogP contribution in [0.15, 0.2) is 0 Å². The molecule has 4 nitrogen and oxygen atoms in total. The number of nitrogens with zero attached hydrogens (tertiary/aromatic N) is 2. The number of carbonyl (C=O) groups excluding carboxylic acids is 1. The molecule has 4 heteroatoms. The lowest BCUT2D eigenvalue weighted by atomic mass is 10.2. The lowest BCUT2D eigenvalue weighted by Gasteiger charge is -2.06. The number of hydrogen-bond donors (Lipinski definition) is 1. The van der Waals surface area contributed by atoms with E-state index in [1.54, 1.807) is 0 Å². The van der Waals surface area contributed by atoms with Gasteiger partial charge >= 0.3 is 0 Å². The first-order valence-corrected chi connectivity index (χ1v) is 5.88. The first-order valence-electron chi connectivity index (χ1n) is 5.88. The third kappa shape index (κ3) is 2.26. The Hall–Kier alpha value is -1.32. The predicted octanol–water partition coefficient (Wildman–Crippen LogP) is 1.33. The van der Waals surface area contributed by atoms with Gasteiger partial charge in [0.2, 0.25) is 5.91 Å². The maximum absolute atomic E-state index is 11.4. The molecule has 1 amide bonds. The largest absolute Gasteiger partial charge is 0.354 e. The number of rotatable bonds is 4. The van der Waals surface area contributed by atoms with Crippen LogP contribution in [0.25, 0.3) is 0 Å². The number of amides is 1. The van der Waals surface area contributed by atoms with Gasteiger partial charge in [0.15, 0.2) is 0 Å². The Labute approximate surface area is 96.0 Å². The first-order chi connectivity index (χ1) is 7.59. The molecule has 0 radical (unpaired) electrons. The number of aromatic nitrogens is 2. The Kier molecular flexibility index (Phi) is 2.99. The average molecular weight is 221 g/mol. The van der Waals surface area contributed by atoms with Gasteiger partial charge in [-0.1, -0.05) is 0 Å². The van der Waals surface area contributed by atoms with Crippen molar-refractivity contribution in [2.45, 2.75) is 40.2 Å². The molecule has 16 heavy (non-hydrogen) atoms. The summed E-state index contributed by atoms with van der Waals surface area (Å²) < 4.78 is 1.97. The number of carbonyl (C=O) groups is 1. The molecule has 0 spiro atoms. The maximum Gasteiger partial charge on any atom is 0.223 e. The van der Waals surface area contributed by atoms with Gasteiger partial charge in [-0.15, -0.1) is 0 Å². The standard InChI is InChI=1S/C12H19N3O/c1-8-9(2)14-15(10(8)3)7-6-13-12(16)11-4-5-11/h11H,4-7H2,1-3H3,(H,13,16). The molecule has 1 aliphatic rings. The summed E-state index contributed by atoms with van der Waals surface area (Å²) in [5.41, 5.74) is 3.51. The molecule has 1 saturated carbocycles. The lowest BCUT2D eigenvalue weighted by Crippen LogP contribution is -2.28. The van der Waals surface area contributed by atoms with Crippen LogP contribution in [0.2, 0.25) is 0 Å². The summed E-state index contributed by atoms with van der Waals surface area (Å²) in [5, 5.41) is 7.38. The molecule has 0 aliphatic heterocycles. The first kappa shape index (κ1) is 11.2. The van der Waals surface area contributed by atoms with Gasteiger partial charge in [-0.2, -0.15) is 5.10 Å². The molecule has 0 saturated heterocycles. The van der Waals surface area contributed by atoms with Crippen molar-refractivity contribution in [3.05, 3.63) is 17.0 Å². The van der Waals surface area contributed by atoms with E-state index < -0.39 is 0 Å². The minimum Gasteiger partial charge on any atom is -0.354 e. The monoisotopic (exact) mass is 221 g/mol. The quantitative estimate of drug-likeness (QED) is 0.834. The molecular weight excluding hydrogens is 202 g/mol. The van der Waals surface area contributed by atoms with Gasteiger partial charge < -0.3 is 5.32 Å². The predicted molar refractivity (Wildman–Crippen MR) is 62.2 cm³/mol. The van der Waals surface area contributed by atoms with Crippen molar-refractivity contribution in [2.75, 3.05) is 6.54 Å². The second kappa shape index (κ2) is 4.28. The van der Waals surface area contributed by atoms with Crippen LogP contribution in [0.5, 0.6) is 0 Å². The van der Waals surface area contributed by atoms with Gasteiger partial charge in [-0.3, -0.25) is 9.48 Å². The van der Waals surface area contributed by atoms with Gasteiger partial charge in [0.1, 0.15) is 0 Å². The van der Waals surface area contributed by atoms with Crippen LogP contribution in [0.4, 0.5) is 0 Å². The molecule has 2 rings (SSSR count). The van der Waals surface area contributed by atoms with E-state index >= 15 is 0 Å². The summed E-state index contributed by atoms with van der Waals surface area (Å²) in [6.45, 7) is 7.60. The van der Waals surface area contributed by atoms with Crippen LogP contribution in [-0.2, 0) is 11.3 Å². The summed E-state index contributed by atoms with van der Waals surface area (Å²) in [7, 11) is 0. The molecule has 0 unspecified atom stereocenters. The highest BCUT2D eigenvalue weighted by Crippen LogP contribution is 2.28. The van der Waals surface area contributed by atoms with Crippen molar-refractivity contribution >= 4 is 5.91 Å². The Morgan fingerprint density at radius 2 is 2.12 bits per heavy atom. The van der Waals surface area contributed by atoms with Gasteiger partial charge in [0.25, 0.3) is 0 Å². The number of aryl methyl sites for hydroxylation is 1. The van der Waals surface area contributed by atoms with Crippen molar-refractivity contribution < 1.29 is 4.79 Å². The molecule has 0 aromatic carbocycles. The molecule has 0 atom stereocenters. The minimum atomic E-state index is 0.207. The lowest BCUT2D eigenvalue weighted by molar-refractivity contribution is -0.122. The highest BCUT2D eigenvalue weighted by molar-refractivity contribution is 5.80. The summed E-state index contributed by atoms with van der Waals surface area (Å²) in [5.74, 6) is 0.500. The molecule has 1 aliphatic carbocycles. The topological polar surface area (TPSA) is 46.9 Å². The highest BCUT2D eigenvalue weighted by Gasteiger charge is 2.29. The molecule has 1 aromatic rings. The van der Waals surface area contributed by atoms with Crippen molar-refractivity contribution in [1.29, 1.82) is 0 Å². The zero-order valence-electron chi connectivity index (χ0n) is 10.2. The minimum absolute atomic E-state index is 0.207. The third-order valence-electron chi connectivity index (χ3n) is 3.31. The second-order valence-corrected chi connectivity index (χ2v) is 4.58. The fourth-order valence-electron chi connectivity index (χ4n) is 1.78. The molecule has 88 valence electrons. The zero-order chi connectivity index (χ0) is 11.7. The molecule has 1 heterocycles. The summed E-state index contributed by atoms with van der Waals surface area (Å²) in [6, 6.07) is 0. The average Bonchev–Trinajstić information content (AvgIpc) is 3.05. The van der Waals surface area contributed by atoms with Crippen LogP contribution < -0.4 is 5.32 Å². The molecule has 1 N–H and O–H groups in total. The van der Waals surface area contributed by atoms with Crippen LogP contribution in [0.1, 0.15) is 29.8 Å². The Balaban J connectivity index is 1.84. The van der Waals surface area contributed by atoms with E-state index in [0.717, 1.165) is 25.1 Å². The van der Waals surface area contributed by atoms with E-state index in [9.17, 15) is 4.79 Å². The van der Waals surface area contributed by atoms with E-state index in [4.69, 9.17) is 0 Å². The smallest absolute Gasteiger partial charge is 0.223 e. The van der Waals surface area contributed by atoms with Gasteiger partial charge in [-0.25, -0.2) is 0 Å². The third-order valence-corrected chi connectivity index (χ3v) is 3.31. The second-order valence-electron chi connectivity index (χ2n) is 4.58.